The fraction of sp³-hybridized carbons (Fsp3) is 0.400. The van der Waals surface area contributed by atoms with Gasteiger partial charge in [0.15, 0.2) is 5.84 Å². The second-order valence-corrected chi connectivity index (χ2v) is 11.8. The number of hydrogen-bond donors (Lipinski definition) is 2. The minimum Gasteiger partial charge on any atom is -0.400 e. The number of nitrogens with one attached hydrogen (secondary N) is 1. The van der Waals surface area contributed by atoms with Gasteiger partial charge in [-0.2, -0.15) is 0 Å². The van der Waals surface area contributed by atoms with Crippen molar-refractivity contribution >= 4 is 30.2 Å². The Kier molecular flexibility index (Phi) is 22.2. The summed E-state index contributed by atoms with van der Waals surface area (Å²) in [6.45, 7) is 24.5. The highest BCUT2D eigenvalue weighted by atomic mass is 16.6. The van der Waals surface area contributed by atoms with Gasteiger partial charge in [-0.15, -0.1) is 0 Å². The average Bonchev–Trinajstić information content (AvgIpc) is 3.09. The largest absolute Gasteiger partial charge is 0.400 e. The standard InChI is InChI=1S/C39H54N4O4.CH4O/c1-12-17-35(38(40-27-44)42-46-11)34(15-4)29(6)19-20-31(14-3)25-30(7)36(18-13-2)41-37(16-5)43(28-45)33-23-21-32(22-24-33)26-47-39(8,9)10;1-2/h12,14-15,17,19-24,27-28H,1,3,13,16,18,25-26H2,2,4-11H3,(H,40,42,44);2H,1H3/b29-19+,31-20+,34-15-,35-17+,36-30+,41-37?;. The second kappa shape index (κ2) is 24.5. The number of amidine groups is 2. The molecule has 0 atom stereocenters. The quantitative estimate of drug-likeness (QED) is 0.0532. The van der Waals surface area contributed by atoms with E-state index in [1.807, 2.05) is 90.1 Å². The molecule has 0 heterocycles. The van der Waals surface area contributed by atoms with Crippen molar-refractivity contribution in [2.75, 3.05) is 19.1 Å². The van der Waals surface area contributed by atoms with Gasteiger partial charge in [0.1, 0.15) is 12.9 Å². The van der Waals surface area contributed by atoms with E-state index in [1.165, 1.54) is 7.11 Å². The molecule has 49 heavy (non-hydrogen) atoms. The Hall–Kier alpha value is -4.60. The predicted molar refractivity (Wildman–Crippen MR) is 205 cm³/mol. The molecular weight excluding hydrogens is 616 g/mol. The van der Waals surface area contributed by atoms with Crippen molar-refractivity contribution < 1.29 is 24.3 Å². The first-order valence-corrected chi connectivity index (χ1v) is 16.4. The van der Waals surface area contributed by atoms with Crippen molar-refractivity contribution in [2.24, 2.45) is 10.1 Å². The number of rotatable bonds is 18. The molecule has 2 amide bonds. The summed E-state index contributed by atoms with van der Waals surface area (Å²) >= 11 is 0. The maximum Gasteiger partial charge on any atom is 0.219 e. The zero-order valence-corrected chi connectivity index (χ0v) is 31.3. The number of benzene rings is 1. The molecule has 0 unspecified atom stereocenters. The number of anilines is 1. The molecule has 0 saturated heterocycles. The van der Waals surface area contributed by atoms with Gasteiger partial charge in [-0.3, -0.25) is 14.5 Å². The summed E-state index contributed by atoms with van der Waals surface area (Å²) < 4.78 is 5.89. The van der Waals surface area contributed by atoms with Gasteiger partial charge in [-0.05, 0) is 94.4 Å². The fourth-order valence-electron chi connectivity index (χ4n) is 4.62. The van der Waals surface area contributed by atoms with E-state index in [0.29, 0.717) is 37.3 Å². The van der Waals surface area contributed by atoms with Crippen molar-refractivity contribution in [1.29, 1.82) is 0 Å². The van der Waals surface area contributed by atoms with Gasteiger partial charge in [0.05, 0.1) is 12.2 Å². The lowest BCUT2D eigenvalue weighted by Gasteiger charge is -2.22. The number of aliphatic imine (C=N–C) groups is 1. The Balaban J connectivity index is 0.0000113. The Morgan fingerprint density at radius 1 is 1.02 bits per heavy atom. The van der Waals surface area contributed by atoms with Gasteiger partial charge in [-0.1, -0.05) is 87.2 Å². The number of allylic oxidation sites excluding steroid dienone is 10. The number of nitrogens with zero attached hydrogens (tertiary/aromatic N) is 3. The number of aliphatic hydroxyl groups excluding tert-OH is 1. The van der Waals surface area contributed by atoms with Crippen LogP contribution in [0, 0.1) is 0 Å². The van der Waals surface area contributed by atoms with Crippen molar-refractivity contribution in [2.45, 2.75) is 93.3 Å². The second-order valence-electron chi connectivity index (χ2n) is 11.8. The van der Waals surface area contributed by atoms with Crippen LogP contribution in [-0.4, -0.2) is 49.4 Å². The minimum atomic E-state index is -0.230. The zero-order chi connectivity index (χ0) is 37.4. The van der Waals surface area contributed by atoms with E-state index in [2.05, 4.69) is 37.5 Å². The number of ether oxygens (including phenoxy) is 1. The molecule has 1 aromatic carbocycles. The van der Waals surface area contributed by atoms with Crippen LogP contribution in [0.4, 0.5) is 5.69 Å². The number of hydrogen-bond acceptors (Lipinski definition) is 7. The lowest BCUT2D eigenvalue weighted by atomic mass is 9.95. The first kappa shape index (κ1) is 44.4. The van der Waals surface area contributed by atoms with Gasteiger partial charge in [0, 0.05) is 30.5 Å². The van der Waals surface area contributed by atoms with Crippen LogP contribution in [0.25, 0.3) is 0 Å². The number of oxime groups is 1. The summed E-state index contributed by atoms with van der Waals surface area (Å²) in [6, 6.07) is 7.82. The molecule has 0 aliphatic heterocycles. The molecule has 0 aliphatic carbocycles. The van der Waals surface area contributed by atoms with Crippen LogP contribution in [0.3, 0.4) is 0 Å². The molecule has 268 valence electrons. The average molecular weight is 675 g/mol. The summed E-state index contributed by atoms with van der Waals surface area (Å²) in [5.74, 6) is 0.955. The molecule has 0 radical (unpaired) electrons. The van der Waals surface area contributed by atoms with E-state index >= 15 is 0 Å². The maximum absolute atomic E-state index is 12.3. The van der Waals surface area contributed by atoms with Gasteiger partial charge in [0.25, 0.3) is 0 Å². The van der Waals surface area contributed by atoms with Crippen LogP contribution in [0.5, 0.6) is 0 Å². The summed E-state index contributed by atoms with van der Waals surface area (Å²) in [5, 5.41) is 13.6. The third-order valence-corrected chi connectivity index (χ3v) is 7.03. The SMILES string of the molecule is C=C/C=C(C(=C/C)\C(C)=C\C=C(/C=C)C/C(C)=C(\CCC)N=C(CC)N(C=O)c1ccc(COC(C)(C)C)cc1)/C(=N/OC)NC=O.CO. The van der Waals surface area contributed by atoms with Crippen LogP contribution in [0.15, 0.2) is 118 Å². The van der Waals surface area contributed by atoms with Crippen molar-refractivity contribution in [3.8, 4) is 0 Å². The Morgan fingerprint density at radius 3 is 2.14 bits per heavy atom. The maximum atomic E-state index is 12.3. The number of amides is 2. The Labute approximate surface area is 294 Å². The highest BCUT2D eigenvalue weighted by Crippen LogP contribution is 2.25. The van der Waals surface area contributed by atoms with E-state index in [-0.39, 0.29) is 11.4 Å². The molecule has 0 aromatic heterocycles. The number of carbonyl (C=O) groups is 2. The molecule has 2 N–H and O–H groups in total. The molecule has 1 aromatic rings. The van der Waals surface area contributed by atoms with Crippen LogP contribution in [-0.2, 0) is 25.8 Å². The van der Waals surface area contributed by atoms with Gasteiger partial charge in [-0.25, -0.2) is 4.99 Å². The topological polar surface area (TPSA) is 113 Å². The summed E-state index contributed by atoms with van der Waals surface area (Å²) in [6.07, 6.45) is 15.5. The lowest BCUT2D eigenvalue weighted by molar-refractivity contribution is -0.108. The third kappa shape index (κ3) is 15.9. The van der Waals surface area contributed by atoms with Gasteiger partial charge >= 0.3 is 0 Å². The van der Waals surface area contributed by atoms with E-state index in [4.69, 9.17) is 19.7 Å². The molecule has 0 bridgehead atoms. The van der Waals surface area contributed by atoms with E-state index in [1.54, 1.807) is 17.1 Å². The van der Waals surface area contributed by atoms with Crippen LogP contribution in [0.2, 0.25) is 0 Å². The number of aliphatic hydroxyl groups is 1. The molecule has 9 heteroatoms. The highest BCUT2D eigenvalue weighted by molar-refractivity contribution is 6.10. The molecule has 1 rings (SSSR count). The lowest BCUT2D eigenvalue weighted by Crippen LogP contribution is -2.29. The molecule has 9 nitrogen and oxygen atoms in total. The number of carbonyl (C=O) groups excluding carboxylic acids is 2. The van der Waals surface area contributed by atoms with Crippen LogP contribution in [0.1, 0.15) is 86.6 Å². The van der Waals surface area contributed by atoms with Crippen molar-refractivity contribution in [1.82, 2.24) is 5.32 Å². The first-order chi connectivity index (χ1) is 23.4. The fourth-order valence-corrected chi connectivity index (χ4v) is 4.62. The molecular formula is C40H58N4O5. The summed E-state index contributed by atoms with van der Waals surface area (Å²) in [7, 11) is 2.42. The predicted octanol–water partition coefficient (Wildman–Crippen LogP) is 8.67. The van der Waals surface area contributed by atoms with Gasteiger partial charge in [0.2, 0.25) is 12.8 Å². The molecule has 0 spiro atoms. The van der Waals surface area contributed by atoms with Crippen molar-refractivity contribution in [3.05, 3.63) is 113 Å². The first-order valence-electron chi connectivity index (χ1n) is 16.4. The smallest absolute Gasteiger partial charge is 0.219 e. The van der Waals surface area contributed by atoms with Gasteiger partial charge < -0.3 is 20.0 Å². The van der Waals surface area contributed by atoms with Crippen molar-refractivity contribution in [3.63, 3.8) is 0 Å². The third-order valence-electron chi connectivity index (χ3n) is 7.03. The van der Waals surface area contributed by atoms with E-state index in [0.717, 1.165) is 65.6 Å². The Morgan fingerprint density at radius 2 is 1.67 bits per heavy atom. The van der Waals surface area contributed by atoms with E-state index < -0.39 is 0 Å². The minimum absolute atomic E-state index is 0.230. The summed E-state index contributed by atoms with van der Waals surface area (Å²) in [4.78, 5) is 35.2. The Bertz CT molecular complexity index is 1440. The van der Waals surface area contributed by atoms with Crippen LogP contribution >= 0.6 is 0 Å². The molecule has 0 fully saturated rings. The highest BCUT2D eigenvalue weighted by Gasteiger charge is 2.16. The van der Waals surface area contributed by atoms with Crippen LogP contribution < -0.4 is 10.2 Å². The zero-order valence-electron chi connectivity index (χ0n) is 31.3. The summed E-state index contributed by atoms with van der Waals surface area (Å²) in [5.41, 5.74) is 7.07. The monoisotopic (exact) mass is 674 g/mol. The normalized spacial score (nSPS) is 13.9. The molecule has 0 aliphatic rings. The molecule has 0 saturated carbocycles. The van der Waals surface area contributed by atoms with E-state index in [9.17, 15) is 9.59 Å².